The van der Waals surface area contributed by atoms with Gasteiger partial charge < -0.3 is 15.0 Å². The molecule has 0 aliphatic carbocycles. The summed E-state index contributed by atoms with van der Waals surface area (Å²) in [6.45, 7) is 8.07. The number of carboxylic acids is 1. The Kier molecular flexibility index (Phi) is 4.16. The highest BCUT2D eigenvalue weighted by Crippen LogP contribution is 2.18. The fourth-order valence-electron chi connectivity index (χ4n) is 1.40. The minimum Gasteiger partial charge on any atom is -0.477 e. The van der Waals surface area contributed by atoms with Gasteiger partial charge in [-0.1, -0.05) is 20.8 Å². The minimum atomic E-state index is -1.03. The molecule has 1 atom stereocenters. The Balaban J connectivity index is 2.66. The zero-order valence-electron chi connectivity index (χ0n) is 11.2. The molecule has 0 aromatic carbocycles. The maximum absolute atomic E-state index is 11.8. The first-order valence-electron chi connectivity index (χ1n) is 5.89. The molecule has 1 heterocycles. The lowest BCUT2D eigenvalue weighted by Crippen LogP contribution is -2.42. The summed E-state index contributed by atoms with van der Waals surface area (Å²) < 4.78 is 1.42. The number of nitrogens with one attached hydrogen (secondary N) is 1. The van der Waals surface area contributed by atoms with Crippen LogP contribution in [-0.4, -0.2) is 27.6 Å². The van der Waals surface area contributed by atoms with E-state index in [-0.39, 0.29) is 29.6 Å². The Hall–Kier alpha value is -1.78. The highest BCUT2D eigenvalue weighted by molar-refractivity contribution is 5.86. The van der Waals surface area contributed by atoms with Crippen molar-refractivity contribution in [2.75, 3.05) is 0 Å². The molecule has 1 unspecified atom stereocenters. The lowest BCUT2D eigenvalue weighted by atomic mass is 9.88. The minimum absolute atomic E-state index is 0.0221. The number of aromatic carboxylic acids is 1. The van der Waals surface area contributed by atoms with Crippen molar-refractivity contribution in [2.45, 2.75) is 40.3 Å². The average molecular weight is 252 g/mol. The van der Waals surface area contributed by atoms with Crippen molar-refractivity contribution in [3.05, 3.63) is 24.0 Å². The summed E-state index contributed by atoms with van der Waals surface area (Å²) in [4.78, 5) is 22.7. The summed E-state index contributed by atoms with van der Waals surface area (Å²) in [5.41, 5.74) is 0.0932. The molecular formula is C13H20N2O3. The van der Waals surface area contributed by atoms with Gasteiger partial charge in [-0.15, -0.1) is 0 Å². The van der Waals surface area contributed by atoms with E-state index in [0.29, 0.717) is 0 Å². The molecule has 0 aliphatic rings. The number of carbonyl (C=O) groups excluding carboxylic acids is 1. The molecule has 5 nitrogen and oxygen atoms in total. The van der Waals surface area contributed by atoms with Crippen LogP contribution in [-0.2, 0) is 11.3 Å². The van der Waals surface area contributed by atoms with Crippen molar-refractivity contribution in [2.24, 2.45) is 5.41 Å². The van der Waals surface area contributed by atoms with Crippen LogP contribution in [0.15, 0.2) is 18.3 Å². The van der Waals surface area contributed by atoms with Gasteiger partial charge in [0.15, 0.2) is 0 Å². The van der Waals surface area contributed by atoms with E-state index in [1.807, 2.05) is 27.7 Å². The fourth-order valence-corrected chi connectivity index (χ4v) is 1.40. The molecule has 5 heteroatoms. The van der Waals surface area contributed by atoms with Gasteiger partial charge in [0.1, 0.15) is 12.2 Å². The summed E-state index contributed by atoms with van der Waals surface area (Å²) in [7, 11) is 0. The predicted molar refractivity (Wildman–Crippen MR) is 68.5 cm³/mol. The Labute approximate surface area is 107 Å². The Bertz CT molecular complexity index is 443. The third kappa shape index (κ3) is 3.61. The highest BCUT2D eigenvalue weighted by atomic mass is 16.4. The third-order valence-electron chi connectivity index (χ3n) is 3.04. The first kappa shape index (κ1) is 14.3. The molecule has 1 aromatic rings. The molecule has 0 fully saturated rings. The molecule has 0 aliphatic heterocycles. The lowest BCUT2D eigenvalue weighted by molar-refractivity contribution is -0.123. The van der Waals surface area contributed by atoms with Crippen molar-refractivity contribution in [1.82, 2.24) is 9.88 Å². The molecule has 0 saturated heterocycles. The zero-order valence-corrected chi connectivity index (χ0v) is 11.2. The summed E-state index contributed by atoms with van der Waals surface area (Å²) in [6, 6.07) is 3.11. The second-order valence-corrected chi connectivity index (χ2v) is 5.48. The molecule has 1 aromatic heterocycles. The van der Waals surface area contributed by atoms with E-state index in [9.17, 15) is 9.59 Å². The van der Waals surface area contributed by atoms with Crippen LogP contribution in [0.5, 0.6) is 0 Å². The summed E-state index contributed by atoms with van der Waals surface area (Å²) in [5, 5.41) is 11.8. The number of carboxylic acid groups (broad SMARTS) is 1. The van der Waals surface area contributed by atoms with Crippen molar-refractivity contribution < 1.29 is 14.7 Å². The largest absolute Gasteiger partial charge is 0.477 e. The van der Waals surface area contributed by atoms with E-state index in [1.54, 1.807) is 12.3 Å². The van der Waals surface area contributed by atoms with Crippen molar-refractivity contribution in [3.8, 4) is 0 Å². The second kappa shape index (κ2) is 5.25. The van der Waals surface area contributed by atoms with Gasteiger partial charge in [0.25, 0.3) is 0 Å². The van der Waals surface area contributed by atoms with Gasteiger partial charge in [-0.25, -0.2) is 4.79 Å². The van der Waals surface area contributed by atoms with Crippen molar-refractivity contribution in [3.63, 3.8) is 0 Å². The van der Waals surface area contributed by atoms with Crippen molar-refractivity contribution >= 4 is 11.9 Å². The fraction of sp³-hybridized carbons (Fsp3) is 0.538. The molecule has 2 N–H and O–H groups in total. The number of nitrogens with zero attached hydrogens (tertiary/aromatic N) is 1. The van der Waals surface area contributed by atoms with E-state index in [2.05, 4.69) is 5.32 Å². The van der Waals surface area contributed by atoms with Gasteiger partial charge in [-0.05, 0) is 24.5 Å². The van der Waals surface area contributed by atoms with Gasteiger partial charge in [-0.2, -0.15) is 0 Å². The zero-order chi connectivity index (χ0) is 13.9. The molecular weight excluding hydrogens is 232 g/mol. The second-order valence-electron chi connectivity index (χ2n) is 5.48. The SMILES string of the molecule is CC(NC(=O)Cn1cccc1C(=O)O)C(C)(C)C. The topological polar surface area (TPSA) is 71.3 Å². The lowest BCUT2D eigenvalue weighted by Gasteiger charge is -2.28. The van der Waals surface area contributed by atoms with Gasteiger partial charge in [-0.3, -0.25) is 4.79 Å². The smallest absolute Gasteiger partial charge is 0.352 e. The van der Waals surface area contributed by atoms with Crippen LogP contribution in [0.1, 0.15) is 38.2 Å². The van der Waals surface area contributed by atoms with Gasteiger partial charge in [0, 0.05) is 12.2 Å². The molecule has 1 rings (SSSR count). The van der Waals surface area contributed by atoms with Crippen LogP contribution in [0.3, 0.4) is 0 Å². The van der Waals surface area contributed by atoms with E-state index in [4.69, 9.17) is 5.11 Å². The Morgan fingerprint density at radius 2 is 2.06 bits per heavy atom. The number of hydrogen-bond acceptors (Lipinski definition) is 2. The van der Waals surface area contributed by atoms with Gasteiger partial charge in [0.2, 0.25) is 5.91 Å². The van der Waals surface area contributed by atoms with E-state index >= 15 is 0 Å². The summed E-state index contributed by atoms with van der Waals surface area (Å²) in [5.74, 6) is -1.22. The molecule has 0 radical (unpaired) electrons. The maximum atomic E-state index is 11.8. The molecule has 0 saturated carbocycles. The van der Waals surface area contributed by atoms with E-state index < -0.39 is 5.97 Å². The van der Waals surface area contributed by atoms with Crippen LogP contribution in [0.25, 0.3) is 0 Å². The highest BCUT2D eigenvalue weighted by Gasteiger charge is 2.22. The van der Waals surface area contributed by atoms with E-state index in [1.165, 1.54) is 10.6 Å². The van der Waals surface area contributed by atoms with Crippen LogP contribution in [0.2, 0.25) is 0 Å². The predicted octanol–water partition coefficient (Wildman–Crippen LogP) is 1.74. The molecule has 100 valence electrons. The monoisotopic (exact) mass is 252 g/mol. The van der Waals surface area contributed by atoms with E-state index in [0.717, 1.165) is 0 Å². The number of rotatable bonds is 4. The molecule has 18 heavy (non-hydrogen) atoms. The van der Waals surface area contributed by atoms with Crippen LogP contribution < -0.4 is 5.32 Å². The Morgan fingerprint density at radius 3 is 2.56 bits per heavy atom. The number of carbonyl (C=O) groups is 2. The average Bonchev–Trinajstić information content (AvgIpc) is 2.63. The van der Waals surface area contributed by atoms with Crippen LogP contribution in [0.4, 0.5) is 0 Å². The first-order valence-corrected chi connectivity index (χ1v) is 5.89. The molecule has 0 spiro atoms. The quantitative estimate of drug-likeness (QED) is 0.857. The van der Waals surface area contributed by atoms with Crippen LogP contribution in [0, 0.1) is 5.41 Å². The van der Waals surface area contributed by atoms with Gasteiger partial charge >= 0.3 is 5.97 Å². The van der Waals surface area contributed by atoms with Crippen LogP contribution >= 0.6 is 0 Å². The van der Waals surface area contributed by atoms with Gasteiger partial charge in [0.05, 0.1) is 0 Å². The normalized spacial score (nSPS) is 13.1. The summed E-state index contributed by atoms with van der Waals surface area (Å²) in [6.07, 6.45) is 1.59. The third-order valence-corrected chi connectivity index (χ3v) is 3.04. The molecule has 1 amide bonds. The standard InChI is InChI=1S/C13H20N2O3/c1-9(13(2,3)4)14-11(16)8-15-7-5-6-10(15)12(17)18/h5-7,9H,8H2,1-4H3,(H,14,16)(H,17,18). The first-order chi connectivity index (χ1) is 8.21. The Morgan fingerprint density at radius 1 is 1.44 bits per heavy atom. The van der Waals surface area contributed by atoms with Crippen molar-refractivity contribution in [1.29, 1.82) is 0 Å². The number of hydrogen-bond donors (Lipinski definition) is 2. The maximum Gasteiger partial charge on any atom is 0.352 e. The number of aromatic nitrogens is 1. The summed E-state index contributed by atoms with van der Waals surface area (Å²) >= 11 is 0. The number of amides is 1. The molecule has 0 bridgehead atoms.